The largest absolute Gasteiger partial charge is 0.375 e. The lowest BCUT2D eigenvalue weighted by Crippen LogP contribution is -2.07. The van der Waals surface area contributed by atoms with Gasteiger partial charge in [-0.05, 0) is 38.5 Å². The lowest BCUT2D eigenvalue weighted by molar-refractivity contribution is 0.626. The van der Waals surface area contributed by atoms with Crippen LogP contribution in [0.4, 0.5) is 10.1 Å². The molecule has 90 valence electrons. The summed E-state index contributed by atoms with van der Waals surface area (Å²) in [5.74, 6) is -0.209. The Morgan fingerprint density at radius 2 is 2.12 bits per heavy atom. The summed E-state index contributed by atoms with van der Waals surface area (Å²) in [5, 5.41) is 3.18. The monoisotopic (exact) mass is 250 g/mol. The highest BCUT2D eigenvalue weighted by atomic mass is 32.1. The molecule has 1 aromatic heterocycles. The molecule has 0 aliphatic rings. The van der Waals surface area contributed by atoms with Crippen molar-refractivity contribution in [2.75, 3.05) is 5.32 Å². The van der Waals surface area contributed by atoms with Gasteiger partial charge in [-0.15, -0.1) is 11.3 Å². The zero-order valence-electron chi connectivity index (χ0n) is 10.1. The number of thiazole rings is 1. The minimum absolute atomic E-state index is 0.0692. The third-order valence-corrected chi connectivity index (χ3v) is 3.79. The van der Waals surface area contributed by atoms with Crippen molar-refractivity contribution in [1.29, 1.82) is 0 Å². The van der Waals surface area contributed by atoms with Gasteiger partial charge in [0.15, 0.2) is 0 Å². The van der Waals surface area contributed by atoms with E-state index in [2.05, 4.69) is 10.3 Å². The van der Waals surface area contributed by atoms with Crippen LogP contribution in [0.15, 0.2) is 23.7 Å². The summed E-state index contributed by atoms with van der Waals surface area (Å²) in [6.45, 7) is 5.86. The van der Waals surface area contributed by atoms with Crippen LogP contribution in [-0.2, 0) is 0 Å². The second-order valence-corrected chi connectivity index (χ2v) is 5.04. The van der Waals surface area contributed by atoms with E-state index in [0.717, 1.165) is 16.1 Å². The number of aromatic nitrogens is 1. The van der Waals surface area contributed by atoms with Crippen molar-refractivity contribution in [2.45, 2.75) is 26.8 Å². The van der Waals surface area contributed by atoms with Gasteiger partial charge in [0.05, 0.1) is 22.9 Å². The van der Waals surface area contributed by atoms with Crippen molar-refractivity contribution in [3.8, 4) is 0 Å². The van der Waals surface area contributed by atoms with E-state index in [1.165, 1.54) is 6.07 Å². The van der Waals surface area contributed by atoms with E-state index in [-0.39, 0.29) is 11.9 Å². The quantitative estimate of drug-likeness (QED) is 0.888. The van der Waals surface area contributed by atoms with Crippen molar-refractivity contribution in [1.82, 2.24) is 4.98 Å². The fraction of sp³-hybridized carbons (Fsp3) is 0.308. The topological polar surface area (TPSA) is 24.9 Å². The molecule has 2 nitrogen and oxygen atoms in total. The molecule has 1 N–H and O–H groups in total. The van der Waals surface area contributed by atoms with E-state index >= 15 is 0 Å². The molecule has 0 spiro atoms. The predicted molar refractivity (Wildman–Crippen MR) is 70.0 cm³/mol. The minimum Gasteiger partial charge on any atom is -0.375 e. The van der Waals surface area contributed by atoms with E-state index in [4.69, 9.17) is 0 Å². The number of hydrogen-bond acceptors (Lipinski definition) is 3. The van der Waals surface area contributed by atoms with E-state index in [1.807, 2.05) is 32.3 Å². The summed E-state index contributed by atoms with van der Waals surface area (Å²) < 4.78 is 13.7. The van der Waals surface area contributed by atoms with Crippen LogP contribution in [0.1, 0.15) is 29.1 Å². The average Bonchev–Trinajstić information content (AvgIpc) is 2.68. The molecule has 2 rings (SSSR count). The molecule has 0 bridgehead atoms. The molecule has 0 amide bonds. The maximum Gasteiger partial charge on any atom is 0.146 e. The van der Waals surface area contributed by atoms with E-state index in [0.29, 0.717) is 5.69 Å². The number of nitrogens with one attached hydrogen (secondary N) is 1. The Bertz CT molecular complexity index is 522. The molecular weight excluding hydrogens is 235 g/mol. The van der Waals surface area contributed by atoms with Crippen LogP contribution in [0.5, 0.6) is 0 Å². The zero-order valence-corrected chi connectivity index (χ0v) is 10.9. The summed E-state index contributed by atoms with van der Waals surface area (Å²) in [4.78, 5) is 5.34. The molecular formula is C13H15FN2S. The van der Waals surface area contributed by atoms with Gasteiger partial charge in [-0.25, -0.2) is 9.37 Å². The number of aryl methyl sites for hydroxylation is 2. The first-order chi connectivity index (χ1) is 8.08. The van der Waals surface area contributed by atoms with Crippen molar-refractivity contribution in [3.05, 3.63) is 45.7 Å². The molecule has 0 fully saturated rings. The van der Waals surface area contributed by atoms with Gasteiger partial charge in [0.25, 0.3) is 0 Å². The molecule has 4 heteroatoms. The Morgan fingerprint density at radius 3 is 2.71 bits per heavy atom. The van der Waals surface area contributed by atoms with E-state index in [1.54, 1.807) is 17.4 Å². The average molecular weight is 250 g/mol. The second kappa shape index (κ2) is 4.84. The number of anilines is 1. The van der Waals surface area contributed by atoms with Crippen LogP contribution in [0.3, 0.4) is 0 Å². The lowest BCUT2D eigenvalue weighted by atomic mass is 10.2. The highest BCUT2D eigenvalue weighted by molar-refractivity contribution is 7.09. The Kier molecular flexibility index (Phi) is 3.43. The molecule has 0 saturated heterocycles. The van der Waals surface area contributed by atoms with Gasteiger partial charge in [-0.3, -0.25) is 0 Å². The molecule has 17 heavy (non-hydrogen) atoms. The fourth-order valence-corrected chi connectivity index (χ4v) is 2.57. The Morgan fingerprint density at radius 1 is 1.35 bits per heavy atom. The lowest BCUT2D eigenvalue weighted by Gasteiger charge is -2.15. The molecule has 0 radical (unpaired) electrons. The molecule has 0 saturated carbocycles. The highest BCUT2D eigenvalue weighted by Crippen LogP contribution is 2.26. The summed E-state index contributed by atoms with van der Waals surface area (Å²) in [7, 11) is 0. The maximum absolute atomic E-state index is 13.7. The maximum atomic E-state index is 13.7. The SMILES string of the molecule is Cc1ccc(NC(C)c2scnc2C)c(F)c1. The van der Waals surface area contributed by atoms with Gasteiger partial charge in [0, 0.05) is 4.88 Å². The molecule has 1 atom stereocenters. The number of benzene rings is 1. The molecule has 1 heterocycles. The van der Waals surface area contributed by atoms with Crippen LogP contribution in [-0.4, -0.2) is 4.98 Å². The van der Waals surface area contributed by atoms with Gasteiger partial charge in [-0.1, -0.05) is 6.07 Å². The number of rotatable bonds is 3. The molecule has 0 aliphatic heterocycles. The highest BCUT2D eigenvalue weighted by Gasteiger charge is 2.12. The minimum atomic E-state index is -0.209. The Labute approximate surface area is 105 Å². The number of halogens is 1. The smallest absolute Gasteiger partial charge is 0.146 e. The normalized spacial score (nSPS) is 12.5. The van der Waals surface area contributed by atoms with Crippen molar-refractivity contribution in [3.63, 3.8) is 0 Å². The van der Waals surface area contributed by atoms with Crippen molar-refractivity contribution >= 4 is 17.0 Å². The third-order valence-electron chi connectivity index (χ3n) is 2.67. The van der Waals surface area contributed by atoms with Crippen molar-refractivity contribution in [2.24, 2.45) is 0 Å². The summed E-state index contributed by atoms with van der Waals surface area (Å²) in [5.41, 5.74) is 4.28. The molecule has 1 aromatic carbocycles. The first kappa shape index (κ1) is 12.0. The Balaban J connectivity index is 2.19. The first-order valence-electron chi connectivity index (χ1n) is 5.50. The third kappa shape index (κ3) is 2.64. The van der Waals surface area contributed by atoms with Gasteiger partial charge < -0.3 is 5.32 Å². The zero-order chi connectivity index (χ0) is 12.4. The van der Waals surface area contributed by atoms with Crippen LogP contribution >= 0.6 is 11.3 Å². The number of nitrogens with zero attached hydrogens (tertiary/aromatic N) is 1. The van der Waals surface area contributed by atoms with Crippen LogP contribution < -0.4 is 5.32 Å². The van der Waals surface area contributed by atoms with Gasteiger partial charge in [0.1, 0.15) is 5.82 Å². The van der Waals surface area contributed by atoms with Crippen LogP contribution in [0, 0.1) is 19.7 Å². The van der Waals surface area contributed by atoms with Gasteiger partial charge >= 0.3 is 0 Å². The van der Waals surface area contributed by atoms with Crippen molar-refractivity contribution < 1.29 is 4.39 Å². The fourth-order valence-electron chi connectivity index (χ4n) is 1.76. The standard InChI is InChI=1S/C13H15FN2S/c1-8-4-5-12(11(14)6-8)16-10(3)13-9(2)15-7-17-13/h4-7,10,16H,1-3H3. The van der Waals surface area contributed by atoms with E-state index < -0.39 is 0 Å². The number of hydrogen-bond donors (Lipinski definition) is 1. The van der Waals surface area contributed by atoms with Gasteiger partial charge in [0.2, 0.25) is 0 Å². The Hall–Kier alpha value is -1.42. The molecule has 2 aromatic rings. The predicted octanol–water partition coefficient (Wildman–Crippen LogP) is 4.07. The van der Waals surface area contributed by atoms with Crippen LogP contribution in [0.2, 0.25) is 0 Å². The summed E-state index contributed by atoms with van der Waals surface area (Å²) in [6, 6.07) is 5.28. The summed E-state index contributed by atoms with van der Waals surface area (Å²) in [6.07, 6.45) is 0. The van der Waals surface area contributed by atoms with E-state index in [9.17, 15) is 4.39 Å². The first-order valence-corrected chi connectivity index (χ1v) is 6.38. The van der Waals surface area contributed by atoms with Gasteiger partial charge in [-0.2, -0.15) is 0 Å². The molecule has 0 aliphatic carbocycles. The second-order valence-electron chi connectivity index (χ2n) is 4.15. The van der Waals surface area contributed by atoms with Crippen LogP contribution in [0.25, 0.3) is 0 Å². The molecule has 1 unspecified atom stereocenters. The summed E-state index contributed by atoms with van der Waals surface area (Å²) >= 11 is 1.59.